The Kier molecular flexibility index (Phi) is 10.5. The minimum Gasteiger partial charge on any atom is -0.508 e. The molecule has 0 saturated carbocycles. The summed E-state index contributed by atoms with van der Waals surface area (Å²) in [7, 11) is 2.25. The SMILES string of the molecule is CCCCSCCN(C)CCCCCC[C@@H]1c2ccc(O)cc2OC[C@]1(C)c1ccc(O)cc1. The van der Waals surface area contributed by atoms with Crippen molar-refractivity contribution in [2.75, 3.05) is 38.2 Å². The Balaban J connectivity index is 1.52. The molecule has 4 nitrogen and oxygen atoms in total. The van der Waals surface area contributed by atoms with Crippen molar-refractivity contribution in [3.63, 3.8) is 0 Å². The summed E-state index contributed by atoms with van der Waals surface area (Å²) in [4.78, 5) is 2.47. The van der Waals surface area contributed by atoms with Gasteiger partial charge < -0.3 is 19.8 Å². The van der Waals surface area contributed by atoms with Gasteiger partial charge in [-0.25, -0.2) is 0 Å². The maximum absolute atomic E-state index is 9.95. The lowest BCUT2D eigenvalue weighted by molar-refractivity contribution is 0.162. The quantitative estimate of drug-likeness (QED) is 0.284. The Labute approximate surface area is 210 Å². The molecular weight excluding hydrogens is 442 g/mol. The first-order valence-electron chi connectivity index (χ1n) is 13.0. The first-order valence-corrected chi connectivity index (χ1v) is 14.1. The lowest BCUT2D eigenvalue weighted by Crippen LogP contribution is -2.40. The minimum atomic E-state index is -0.173. The van der Waals surface area contributed by atoms with Crippen molar-refractivity contribution in [2.45, 2.75) is 70.1 Å². The highest BCUT2D eigenvalue weighted by atomic mass is 32.2. The van der Waals surface area contributed by atoms with Crippen LogP contribution in [-0.4, -0.2) is 53.4 Å². The van der Waals surface area contributed by atoms with E-state index in [0.717, 1.165) is 12.2 Å². The molecule has 0 aromatic heterocycles. The van der Waals surface area contributed by atoms with Gasteiger partial charge in [0.2, 0.25) is 0 Å². The predicted molar refractivity (Wildman–Crippen MR) is 145 cm³/mol. The lowest BCUT2D eigenvalue weighted by Gasteiger charge is -2.43. The number of nitrogens with zero attached hydrogens (tertiary/aromatic N) is 1. The van der Waals surface area contributed by atoms with Crippen molar-refractivity contribution >= 4 is 11.8 Å². The smallest absolute Gasteiger partial charge is 0.126 e. The molecule has 2 N–H and O–H groups in total. The highest BCUT2D eigenvalue weighted by Crippen LogP contribution is 2.49. The molecule has 3 rings (SSSR count). The molecule has 2 aromatic rings. The molecule has 2 atom stereocenters. The number of phenols is 2. The molecular formula is C29H43NO3S. The van der Waals surface area contributed by atoms with Gasteiger partial charge in [-0.15, -0.1) is 0 Å². The van der Waals surface area contributed by atoms with Crippen LogP contribution in [-0.2, 0) is 5.41 Å². The number of phenolic OH excluding ortho intramolecular Hbond substituents is 2. The second-order valence-corrected chi connectivity index (χ2v) is 11.2. The summed E-state index contributed by atoms with van der Waals surface area (Å²) in [6.45, 7) is 7.46. The van der Waals surface area contributed by atoms with E-state index in [1.165, 1.54) is 74.2 Å². The summed E-state index contributed by atoms with van der Waals surface area (Å²) in [5.41, 5.74) is 2.19. The van der Waals surface area contributed by atoms with Gasteiger partial charge >= 0.3 is 0 Å². The van der Waals surface area contributed by atoms with E-state index in [0.29, 0.717) is 12.5 Å². The van der Waals surface area contributed by atoms with Crippen molar-refractivity contribution in [1.29, 1.82) is 0 Å². The molecule has 0 amide bonds. The Hall–Kier alpha value is -1.85. The van der Waals surface area contributed by atoms with Gasteiger partial charge in [0, 0.05) is 29.7 Å². The molecule has 0 aliphatic carbocycles. The number of unbranched alkanes of at least 4 members (excludes halogenated alkanes) is 4. The van der Waals surface area contributed by atoms with Gasteiger partial charge in [0.15, 0.2) is 0 Å². The number of rotatable bonds is 14. The van der Waals surface area contributed by atoms with E-state index in [4.69, 9.17) is 4.74 Å². The number of thioether (sulfide) groups is 1. The van der Waals surface area contributed by atoms with Gasteiger partial charge in [0.05, 0.1) is 6.61 Å². The van der Waals surface area contributed by atoms with Crippen LogP contribution in [0.5, 0.6) is 17.2 Å². The summed E-state index contributed by atoms with van der Waals surface area (Å²) in [6, 6.07) is 13.1. The zero-order chi connectivity index (χ0) is 24.4. The summed E-state index contributed by atoms with van der Waals surface area (Å²) in [5.74, 6) is 4.19. The third-order valence-corrected chi connectivity index (χ3v) is 8.29. The molecule has 0 saturated heterocycles. The van der Waals surface area contributed by atoms with E-state index in [1.807, 2.05) is 18.2 Å². The Morgan fingerprint density at radius 1 is 0.941 bits per heavy atom. The summed E-state index contributed by atoms with van der Waals surface area (Å²) in [6.07, 6.45) is 8.63. The summed E-state index contributed by atoms with van der Waals surface area (Å²) >= 11 is 2.08. The van der Waals surface area contributed by atoms with Gasteiger partial charge in [0.1, 0.15) is 17.2 Å². The summed E-state index contributed by atoms with van der Waals surface area (Å²) in [5, 5.41) is 19.7. The highest BCUT2D eigenvalue weighted by Gasteiger charge is 2.42. The van der Waals surface area contributed by atoms with Crippen LogP contribution in [0.4, 0.5) is 0 Å². The fourth-order valence-corrected chi connectivity index (χ4v) is 6.11. The zero-order valence-electron chi connectivity index (χ0n) is 21.3. The molecule has 188 valence electrons. The van der Waals surface area contributed by atoms with E-state index in [9.17, 15) is 10.2 Å². The van der Waals surface area contributed by atoms with Gasteiger partial charge in [-0.05, 0) is 67.9 Å². The molecule has 0 fully saturated rings. The molecule has 5 heteroatoms. The van der Waals surface area contributed by atoms with Crippen LogP contribution >= 0.6 is 11.8 Å². The lowest BCUT2D eigenvalue weighted by atomic mass is 9.66. The number of hydrogen-bond donors (Lipinski definition) is 2. The van der Waals surface area contributed by atoms with Crippen LogP contribution < -0.4 is 4.74 Å². The number of ether oxygens (including phenoxy) is 1. The van der Waals surface area contributed by atoms with Crippen molar-refractivity contribution in [3.8, 4) is 17.2 Å². The van der Waals surface area contributed by atoms with Crippen LogP contribution in [0, 0.1) is 0 Å². The third-order valence-electron chi connectivity index (χ3n) is 7.24. The Bertz CT molecular complexity index is 872. The minimum absolute atomic E-state index is 0.173. The molecule has 2 aromatic carbocycles. The molecule has 0 unspecified atom stereocenters. The second-order valence-electron chi connectivity index (χ2n) is 10.00. The van der Waals surface area contributed by atoms with E-state index < -0.39 is 0 Å². The topological polar surface area (TPSA) is 52.9 Å². The molecule has 0 spiro atoms. The predicted octanol–water partition coefficient (Wildman–Crippen LogP) is 6.95. The van der Waals surface area contributed by atoms with Crippen molar-refractivity contribution in [3.05, 3.63) is 53.6 Å². The average molecular weight is 486 g/mol. The number of benzene rings is 2. The highest BCUT2D eigenvalue weighted by molar-refractivity contribution is 7.99. The van der Waals surface area contributed by atoms with Crippen LogP contribution in [0.1, 0.15) is 75.8 Å². The molecule has 34 heavy (non-hydrogen) atoms. The monoisotopic (exact) mass is 485 g/mol. The van der Waals surface area contributed by atoms with E-state index in [2.05, 4.69) is 37.6 Å². The normalized spacial score (nSPS) is 19.7. The maximum atomic E-state index is 9.95. The molecule has 1 heterocycles. The number of fused-ring (bicyclic) bond motifs is 1. The van der Waals surface area contributed by atoms with Gasteiger partial charge in [-0.3, -0.25) is 0 Å². The van der Waals surface area contributed by atoms with E-state index in [-0.39, 0.29) is 16.9 Å². The average Bonchev–Trinajstić information content (AvgIpc) is 2.82. The van der Waals surface area contributed by atoms with Crippen LogP contribution in [0.2, 0.25) is 0 Å². The fraction of sp³-hybridized carbons (Fsp3) is 0.586. The molecule has 0 radical (unpaired) electrons. The second kappa shape index (κ2) is 13.3. The number of hydrogen-bond acceptors (Lipinski definition) is 5. The maximum Gasteiger partial charge on any atom is 0.126 e. The Morgan fingerprint density at radius 2 is 1.68 bits per heavy atom. The van der Waals surface area contributed by atoms with Crippen LogP contribution in [0.25, 0.3) is 0 Å². The van der Waals surface area contributed by atoms with Crippen LogP contribution in [0.15, 0.2) is 42.5 Å². The van der Waals surface area contributed by atoms with Crippen molar-refractivity contribution in [2.24, 2.45) is 0 Å². The van der Waals surface area contributed by atoms with E-state index in [1.54, 1.807) is 24.3 Å². The first-order chi connectivity index (χ1) is 16.4. The van der Waals surface area contributed by atoms with E-state index >= 15 is 0 Å². The molecule has 0 bridgehead atoms. The number of aromatic hydroxyl groups is 2. The first kappa shape index (κ1) is 26.7. The molecule has 1 aliphatic heterocycles. The molecule has 1 aliphatic rings. The standard InChI is InChI=1S/C29H43NO3S/c1-4-5-19-34-20-18-30(3)17-9-7-6-8-10-27-26-16-15-25(32)21-28(26)33-22-29(27,2)23-11-13-24(31)14-12-23/h11-16,21,27,31-32H,4-10,17-20,22H2,1-3H3/t27-,29-/m1/s1. The van der Waals surface area contributed by atoms with Gasteiger partial charge in [0.25, 0.3) is 0 Å². The zero-order valence-corrected chi connectivity index (χ0v) is 22.1. The van der Waals surface area contributed by atoms with Crippen molar-refractivity contribution < 1.29 is 14.9 Å². The van der Waals surface area contributed by atoms with Gasteiger partial charge in [-0.2, -0.15) is 11.8 Å². The fourth-order valence-electron chi connectivity index (χ4n) is 4.97. The van der Waals surface area contributed by atoms with Gasteiger partial charge in [-0.1, -0.05) is 57.7 Å². The third kappa shape index (κ3) is 7.32. The Morgan fingerprint density at radius 3 is 2.44 bits per heavy atom. The van der Waals surface area contributed by atoms with Crippen molar-refractivity contribution in [1.82, 2.24) is 4.90 Å². The largest absolute Gasteiger partial charge is 0.508 e. The van der Waals surface area contributed by atoms with Crippen LogP contribution in [0.3, 0.4) is 0 Å². The summed E-state index contributed by atoms with van der Waals surface area (Å²) < 4.78 is 6.13.